The molecule has 7 heteroatoms. The van der Waals surface area contributed by atoms with Crippen molar-refractivity contribution >= 4 is 22.4 Å². The van der Waals surface area contributed by atoms with Crippen LogP contribution in [-0.2, 0) is 4.79 Å². The molecule has 1 aliphatic rings. The topological polar surface area (TPSA) is 69.7 Å². The number of rotatable bonds is 4. The Balaban J connectivity index is 1.48. The van der Waals surface area contributed by atoms with Crippen molar-refractivity contribution in [3.8, 4) is 28.5 Å². The molecule has 138 valence electrons. The Labute approximate surface area is 160 Å². The van der Waals surface area contributed by atoms with Crippen molar-refractivity contribution in [2.75, 3.05) is 19.0 Å². The van der Waals surface area contributed by atoms with E-state index < -0.39 is 6.10 Å². The van der Waals surface area contributed by atoms with E-state index >= 15 is 0 Å². The van der Waals surface area contributed by atoms with Crippen LogP contribution in [-0.4, -0.2) is 30.7 Å². The van der Waals surface area contributed by atoms with Gasteiger partial charge in [-0.1, -0.05) is 12.1 Å². The maximum absolute atomic E-state index is 12.6. The third-order valence-corrected chi connectivity index (χ3v) is 5.08. The van der Waals surface area contributed by atoms with Gasteiger partial charge in [-0.2, -0.15) is 0 Å². The van der Waals surface area contributed by atoms with Gasteiger partial charge in [-0.15, -0.1) is 11.3 Å². The second kappa shape index (κ2) is 7.28. The number of nitrogens with one attached hydrogen (secondary N) is 1. The van der Waals surface area contributed by atoms with Gasteiger partial charge in [0.2, 0.25) is 6.10 Å². The normalized spacial score (nSPS) is 15.3. The van der Waals surface area contributed by atoms with Crippen molar-refractivity contribution < 1.29 is 19.0 Å². The summed E-state index contributed by atoms with van der Waals surface area (Å²) in [5, 5.41) is 3.37. The molecule has 1 N–H and O–H groups in total. The minimum atomic E-state index is -0.714. The highest BCUT2D eigenvalue weighted by Crippen LogP contribution is 2.33. The molecule has 0 aliphatic carbocycles. The Morgan fingerprint density at radius 2 is 1.93 bits per heavy atom. The summed E-state index contributed by atoms with van der Waals surface area (Å²) in [6.07, 6.45) is -0.714. The number of aryl methyl sites for hydroxylation is 1. The van der Waals surface area contributed by atoms with Crippen LogP contribution in [0.1, 0.15) is 4.88 Å². The van der Waals surface area contributed by atoms with E-state index in [1.165, 1.54) is 11.3 Å². The quantitative estimate of drug-likeness (QED) is 0.741. The van der Waals surface area contributed by atoms with Gasteiger partial charge in [-0.05, 0) is 43.3 Å². The summed E-state index contributed by atoms with van der Waals surface area (Å²) < 4.78 is 16.5. The summed E-state index contributed by atoms with van der Waals surface area (Å²) in [5.74, 6) is 1.72. The number of anilines is 1. The second-order valence-corrected chi connectivity index (χ2v) is 7.21. The Bertz CT molecular complexity index is 968. The smallest absolute Gasteiger partial charge is 0.270 e. The van der Waals surface area contributed by atoms with Crippen molar-refractivity contribution in [1.29, 1.82) is 0 Å². The SMILES string of the molecule is COc1ccc(-c2nc(NC(=O)[C@@H]3COc4ccccc4O3)sc2C)cc1. The Kier molecular flexibility index (Phi) is 4.68. The fourth-order valence-electron chi connectivity index (χ4n) is 2.80. The molecule has 1 aliphatic heterocycles. The van der Waals surface area contributed by atoms with Crippen molar-refractivity contribution in [2.45, 2.75) is 13.0 Å². The first kappa shape index (κ1) is 17.4. The predicted octanol–water partition coefficient (Wildman–Crippen LogP) is 3.91. The van der Waals surface area contributed by atoms with Crippen LogP contribution in [0.5, 0.6) is 17.2 Å². The Morgan fingerprint density at radius 1 is 1.19 bits per heavy atom. The lowest BCUT2D eigenvalue weighted by Gasteiger charge is -2.25. The third-order valence-electron chi connectivity index (χ3n) is 4.19. The van der Waals surface area contributed by atoms with Gasteiger partial charge >= 0.3 is 0 Å². The number of benzene rings is 2. The van der Waals surface area contributed by atoms with Crippen LogP contribution in [0.4, 0.5) is 5.13 Å². The lowest BCUT2D eigenvalue weighted by Crippen LogP contribution is -2.40. The molecule has 0 unspecified atom stereocenters. The standard InChI is InChI=1S/C20H18N2O4S/c1-12-18(13-7-9-14(24-2)10-8-13)21-20(27-12)22-19(23)17-11-25-15-5-3-4-6-16(15)26-17/h3-10,17H,11H2,1-2H3,(H,21,22,23)/t17-/m0/s1. The second-order valence-electron chi connectivity index (χ2n) is 6.01. The fraction of sp³-hybridized carbons (Fsp3) is 0.200. The molecule has 1 amide bonds. The van der Waals surface area contributed by atoms with Gasteiger partial charge in [0.25, 0.3) is 5.91 Å². The molecule has 4 rings (SSSR count). The van der Waals surface area contributed by atoms with E-state index in [0.29, 0.717) is 16.6 Å². The maximum atomic E-state index is 12.6. The molecule has 27 heavy (non-hydrogen) atoms. The molecule has 0 spiro atoms. The van der Waals surface area contributed by atoms with Gasteiger partial charge in [0.15, 0.2) is 16.6 Å². The number of aromatic nitrogens is 1. The number of methoxy groups -OCH3 is 1. The summed E-state index contributed by atoms with van der Waals surface area (Å²) >= 11 is 1.43. The molecule has 3 aromatic rings. The molecule has 0 fully saturated rings. The first-order valence-electron chi connectivity index (χ1n) is 8.45. The Hall–Kier alpha value is -3.06. The van der Waals surface area contributed by atoms with Gasteiger partial charge in [-0.3, -0.25) is 10.1 Å². The number of thiazole rings is 1. The lowest BCUT2D eigenvalue weighted by molar-refractivity contribution is -0.125. The first-order chi connectivity index (χ1) is 13.1. The van der Waals surface area contributed by atoms with E-state index in [9.17, 15) is 4.79 Å². The molecule has 0 radical (unpaired) electrons. The van der Waals surface area contributed by atoms with Gasteiger partial charge in [0.1, 0.15) is 12.4 Å². The van der Waals surface area contributed by atoms with Gasteiger partial charge in [-0.25, -0.2) is 4.98 Å². The number of ether oxygens (including phenoxy) is 3. The van der Waals surface area contributed by atoms with Crippen molar-refractivity contribution in [3.63, 3.8) is 0 Å². The highest BCUT2D eigenvalue weighted by molar-refractivity contribution is 7.16. The van der Waals surface area contributed by atoms with Gasteiger partial charge < -0.3 is 14.2 Å². The number of hydrogen-bond donors (Lipinski definition) is 1. The summed E-state index contributed by atoms with van der Waals surface area (Å²) in [6.45, 7) is 2.14. The van der Waals surface area contributed by atoms with E-state index in [0.717, 1.165) is 21.9 Å². The predicted molar refractivity (Wildman–Crippen MR) is 104 cm³/mol. The molecule has 6 nitrogen and oxygen atoms in total. The number of hydrogen-bond acceptors (Lipinski definition) is 6. The summed E-state index contributed by atoms with van der Waals surface area (Å²) in [5.41, 5.74) is 1.81. The molecule has 2 heterocycles. The van der Waals surface area contributed by atoms with Gasteiger partial charge in [0, 0.05) is 10.4 Å². The third kappa shape index (κ3) is 3.59. The maximum Gasteiger partial charge on any atom is 0.270 e. The van der Waals surface area contributed by atoms with E-state index in [1.807, 2.05) is 49.4 Å². The summed E-state index contributed by atoms with van der Waals surface area (Å²) in [6, 6.07) is 15.0. The zero-order valence-corrected chi connectivity index (χ0v) is 15.7. The zero-order valence-electron chi connectivity index (χ0n) is 14.9. The minimum absolute atomic E-state index is 0.165. The molecule has 2 aromatic carbocycles. The van der Waals surface area contributed by atoms with Crippen LogP contribution in [0.25, 0.3) is 11.3 Å². The van der Waals surface area contributed by atoms with Crippen LogP contribution in [0.3, 0.4) is 0 Å². The van der Waals surface area contributed by atoms with Crippen LogP contribution in [0.2, 0.25) is 0 Å². The highest BCUT2D eigenvalue weighted by Gasteiger charge is 2.28. The number of amides is 1. The number of carbonyl (C=O) groups is 1. The monoisotopic (exact) mass is 382 g/mol. The summed E-state index contributed by atoms with van der Waals surface area (Å²) in [4.78, 5) is 18.1. The van der Waals surface area contributed by atoms with Crippen LogP contribution in [0.15, 0.2) is 48.5 Å². The van der Waals surface area contributed by atoms with E-state index in [1.54, 1.807) is 13.2 Å². The molecule has 1 atom stereocenters. The highest BCUT2D eigenvalue weighted by atomic mass is 32.1. The van der Waals surface area contributed by atoms with Crippen LogP contribution in [0, 0.1) is 6.92 Å². The number of para-hydroxylation sites is 2. The lowest BCUT2D eigenvalue weighted by atomic mass is 10.1. The van der Waals surface area contributed by atoms with Crippen molar-refractivity contribution in [3.05, 3.63) is 53.4 Å². The molecular formula is C20H18N2O4S. The zero-order chi connectivity index (χ0) is 18.8. The number of carbonyl (C=O) groups excluding carboxylic acids is 1. The average Bonchev–Trinajstić information content (AvgIpc) is 3.07. The average molecular weight is 382 g/mol. The molecule has 0 saturated carbocycles. The van der Waals surface area contributed by atoms with E-state index in [-0.39, 0.29) is 12.5 Å². The van der Waals surface area contributed by atoms with Crippen LogP contribution >= 0.6 is 11.3 Å². The molecule has 0 saturated heterocycles. The molecular weight excluding hydrogens is 364 g/mol. The molecule has 1 aromatic heterocycles. The minimum Gasteiger partial charge on any atom is -0.497 e. The number of nitrogens with zero attached hydrogens (tertiary/aromatic N) is 1. The fourth-order valence-corrected chi connectivity index (χ4v) is 3.64. The summed E-state index contributed by atoms with van der Waals surface area (Å²) in [7, 11) is 1.63. The van der Waals surface area contributed by atoms with E-state index in [2.05, 4.69) is 10.3 Å². The van der Waals surface area contributed by atoms with E-state index in [4.69, 9.17) is 14.2 Å². The van der Waals surface area contributed by atoms with Crippen molar-refractivity contribution in [2.24, 2.45) is 0 Å². The first-order valence-corrected chi connectivity index (χ1v) is 9.27. The van der Waals surface area contributed by atoms with Crippen molar-refractivity contribution in [1.82, 2.24) is 4.98 Å². The largest absolute Gasteiger partial charge is 0.497 e. The number of fused-ring (bicyclic) bond motifs is 1. The van der Waals surface area contributed by atoms with Gasteiger partial charge in [0.05, 0.1) is 12.8 Å². The van der Waals surface area contributed by atoms with Crippen LogP contribution < -0.4 is 19.5 Å². The molecule has 0 bridgehead atoms. The Morgan fingerprint density at radius 3 is 2.67 bits per heavy atom.